The van der Waals surface area contributed by atoms with E-state index in [9.17, 15) is 9.59 Å². The maximum atomic E-state index is 12.2. The van der Waals surface area contributed by atoms with Gasteiger partial charge in [0.05, 0.1) is 18.6 Å². The fourth-order valence-electron chi connectivity index (χ4n) is 2.21. The number of nitrogens with one attached hydrogen (secondary N) is 1. The number of rotatable bonds is 6. The highest BCUT2D eigenvalue weighted by atomic mass is 16.5. The molecule has 0 saturated carbocycles. The molecule has 25 heavy (non-hydrogen) atoms. The zero-order valence-corrected chi connectivity index (χ0v) is 13.5. The van der Waals surface area contributed by atoms with Crippen LogP contribution in [-0.4, -0.2) is 27.2 Å². The van der Waals surface area contributed by atoms with Crippen LogP contribution in [0.25, 0.3) is 11.3 Å². The highest BCUT2D eigenvalue weighted by Crippen LogP contribution is 2.19. The summed E-state index contributed by atoms with van der Waals surface area (Å²) in [5, 5.41) is 6.09. The molecule has 1 amide bonds. The van der Waals surface area contributed by atoms with E-state index in [-0.39, 0.29) is 17.9 Å². The van der Waals surface area contributed by atoms with E-state index in [0.717, 1.165) is 11.3 Å². The Morgan fingerprint density at radius 3 is 2.72 bits per heavy atom. The lowest BCUT2D eigenvalue weighted by molar-refractivity contribution is -0.116. The number of nitrogens with zero attached hydrogens (tertiary/aromatic N) is 3. The van der Waals surface area contributed by atoms with Gasteiger partial charge in [-0.05, 0) is 31.2 Å². The van der Waals surface area contributed by atoms with Crippen LogP contribution in [0.15, 0.2) is 58.3 Å². The number of carbonyl (C=O) groups excluding carboxylic acids is 1. The monoisotopic (exact) mass is 340 g/mol. The van der Waals surface area contributed by atoms with E-state index in [1.165, 1.54) is 29.3 Å². The minimum absolute atomic E-state index is 0.164. The molecular weight excluding hydrogens is 324 g/mol. The second-order valence-electron chi connectivity index (χ2n) is 5.13. The van der Waals surface area contributed by atoms with Crippen LogP contribution in [0, 0.1) is 0 Å². The lowest BCUT2D eigenvalue weighted by atomic mass is 10.1. The summed E-state index contributed by atoms with van der Waals surface area (Å²) in [6.07, 6.45) is 2.69. The third-order valence-electron chi connectivity index (χ3n) is 3.36. The third-order valence-corrected chi connectivity index (χ3v) is 3.36. The average Bonchev–Trinajstić information content (AvgIpc) is 3.10. The van der Waals surface area contributed by atoms with Crippen molar-refractivity contribution in [2.24, 2.45) is 0 Å². The molecule has 3 rings (SSSR count). The van der Waals surface area contributed by atoms with Crippen molar-refractivity contribution in [2.75, 3.05) is 11.9 Å². The second kappa shape index (κ2) is 7.43. The normalized spacial score (nSPS) is 10.4. The van der Waals surface area contributed by atoms with Crippen molar-refractivity contribution in [3.63, 3.8) is 0 Å². The molecule has 0 radical (unpaired) electrons. The number of amides is 1. The van der Waals surface area contributed by atoms with Crippen LogP contribution >= 0.6 is 0 Å². The van der Waals surface area contributed by atoms with Gasteiger partial charge in [0.2, 0.25) is 5.91 Å². The van der Waals surface area contributed by atoms with E-state index in [2.05, 4.69) is 20.0 Å². The summed E-state index contributed by atoms with van der Waals surface area (Å²) < 4.78 is 11.2. The fraction of sp³-hybridized carbons (Fsp3) is 0.176. The van der Waals surface area contributed by atoms with Crippen molar-refractivity contribution in [1.29, 1.82) is 0 Å². The summed E-state index contributed by atoms with van der Waals surface area (Å²) in [7, 11) is 0. The fourth-order valence-corrected chi connectivity index (χ4v) is 2.21. The maximum absolute atomic E-state index is 12.2. The van der Waals surface area contributed by atoms with Crippen molar-refractivity contribution in [2.45, 2.75) is 13.5 Å². The molecule has 8 heteroatoms. The largest absolute Gasteiger partial charge is 0.494 e. The van der Waals surface area contributed by atoms with Gasteiger partial charge in [-0.15, -0.1) is 0 Å². The van der Waals surface area contributed by atoms with Crippen molar-refractivity contribution in [3.8, 4) is 17.0 Å². The predicted molar refractivity (Wildman–Crippen MR) is 90.2 cm³/mol. The van der Waals surface area contributed by atoms with E-state index in [4.69, 9.17) is 4.74 Å². The molecule has 0 saturated heterocycles. The zero-order valence-electron chi connectivity index (χ0n) is 13.5. The van der Waals surface area contributed by atoms with Crippen molar-refractivity contribution < 1.29 is 14.1 Å². The Morgan fingerprint density at radius 2 is 2.08 bits per heavy atom. The first-order valence-corrected chi connectivity index (χ1v) is 7.65. The Balaban J connectivity index is 1.72. The minimum Gasteiger partial charge on any atom is -0.494 e. The van der Waals surface area contributed by atoms with E-state index in [1.54, 1.807) is 0 Å². The molecule has 3 aromatic rings. The summed E-state index contributed by atoms with van der Waals surface area (Å²) >= 11 is 0. The van der Waals surface area contributed by atoms with Crippen LogP contribution in [-0.2, 0) is 11.3 Å². The maximum Gasteiger partial charge on any atom is 0.254 e. The molecule has 0 unspecified atom stereocenters. The minimum atomic E-state index is -0.397. The smallest absolute Gasteiger partial charge is 0.254 e. The van der Waals surface area contributed by atoms with Crippen molar-refractivity contribution >= 4 is 11.7 Å². The van der Waals surface area contributed by atoms with E-state index >= 15 is 0 Å². The van der Waals surface area contributed by atoms with Gasteiger partial charge in [0.1, 0.15) is 18.6 Å². The number of hydrogen-bond donors (Lipinski definition) is 1. The summed E-state index contributed by atoms with van der Waals surface area (Å²) in [5.74, 6) is 0.646. The average molecular weight is 340 g/mol. The SMILES string of the molecule is CCOc1ccc(-c2cc(=O)n(CC(=O)Nc3ccon3)cn2)cc1. The first kappa shape index (κ1) is 16.4. The topological polar surface area (TPSA) is 99.2 Å². The molecule has 0 aliphatic carbocycles. The molecule has 8 nitrogen and oxygen atoms in total. The van der Waals surface area contributed by atoms with E-state index < -0.39 is 5.91 Å². The predicted octanol–water partition coefficient (Wildman–Crippen LogP) is 1.94. The molecular formula is C17H16N4O4. The lowest BCUT2D eigenvalue weighted by Crippen LogP contribution is -2.27. The van der Waals surface area contributed by atoms with Gasteiger partial charge >= 0.3 is 0 Å². The van der Waals surface area contributed by atoms with E-state index in [1.807, 2.05) is 31.2 Å². The summed E-state index contributed by atoms with van der Waals surface area (Å²) in [6, 6.07) is 10.2. The van der Waals surface area contributed by atoms with Crippen LogP contribution in [0.3, 0.4) is 0 Å². The van der Waals surface area contributed by atoms with Crippen LogP contribution in [0.1, 0.15) is 6.92 Å². The van der Waals surface area contributed by atoms with Gasteiger partial charge in [0, 0.05) is 17.7 Å². The molecule has 0 aliphatic rings. The Bertz CT molecular complexity index is 901. The van der Waals surface area contributed by atoms with Crippen LogP contribution in [0.2, 0.25) is 0 Å². The molecule has 128 valence electrons. The van der Waals surface area contributed by atoms with Gasteiger partial charge < -0.3 is 14.6 Å². The van der Waals surface area contributed by atoms with Gasteiger partial charge in [0.25, 0.3) is 5.56 Å². The van der Waals surface area contributed by atoms with Crippen LogP contribution in [0.4, 0.5) is 5.82 Å². The highest BCUT2D eigenvalue weighted by Gasteiger charge is 2.09. The summed E-state index contributed by atoms with van der Waals surface area (Å²) in [6.45, 7) is 2.33. The molecule has 0 bridgehead atoms. The number of aromatic nitrogens is 3. The highest BCUT2D eigenvalue weighted by molar-refractivity contribution is 5.89. The quantitative estimate of drug-likeness (QED) is 0.736. The third kappa shape index (κ3) is 4.11. The second-order valence-corrected chi connectivity index (χ2v) is 5.13. The van der Waals surface area contributed by atoms with Gasteiger partial charge in [-0.1, -0.05) is 5.16 Å². The zero-order chi connectivity index (χ0) is 17.6. The van der Waals surface area contributed by atoms with Crippen LogP contribution < -0.4 is 15.6 Å². The van der Waals surface area contributed by atoms with E-state index in [0.29, 0.717) is 12.3 Å². The van der Waals surface area contributed by atoms with Gasteiger partial charge in [-0.25, -0.2) is 4.98 Å². The standard InChI is InChI=1S/C17H16N4O4/c1-2-24-13-5-3-12(4-6-13)14-9-17(23)21(11-18-14)10-16(22)19-15-7-8-25-20-15/h3-9,11H,2,10H2,1H3,(H,19,20,22). The Morgan fingerprint density at radius 1 is 1.28 bits per heavy atom. The Labute approximate surface area is 143 Å². The molecule has 0 fully saturated rings. The lowest BCUT2D eigenvalue weighted by Gasteiger charge is -2.07. The summed E-state index contributed by atoms with van der Waals surface area (Å²) in [4.78, 5) is 28.3. The Hall–Kier alpha value is -3.42. The molecule has 1 aromatic carbocycles. The molecule has 1 N–H and O–H groups in total. The van der Waals surface area contributed by atoms with Crippen LogP contribution in [0.5, 0.6) is 5.75 Å². The number of anilines is 1. The van der Waals surface area contributed by atoms with Crippen molar-refractivity contribution in [1.82, 2.24) is 14.7 Å². The number of benzene rings is 1. The molecule has 0 atom stereocenters. The number of ether oxygens (including phenoxy) is 1. The number of carbonyl (C=O) groups is 1. The molecule has 2 aromatic heterocycles. The van der Waals surface area contributed by atoms with Gasteiger partial charge in [-0.2, -0.15) is 0 Å². The summed E-state index contributed by atoms with van der Waals surface area (Å²) in [5.41, 5.74) is 0.996. The molecule has 0 aliphatic heterocycles. The first-order chi connectivity index (χ1) is 12.2. The van der Waals surface area contributed by atoms with Crippen molar-refractivity contribution in [3.05, 3.63) is 59.3 Å². The molecule has 2 heterocycles. The first-order valence-electron chi connectivity index (χ1n) is 7.65. The van der Waals surface area contributed by atoms with Gasteiger partial charge in [-0.3, -0.25) is 14.2 Å². The number of hydrogen-bond acceptors (Lipinski definition) is 6. The van der Waals surface area contributed by atoms with Gasteiger partial charge in [0.15, 0.2) is 5.82 Å². The Kier molecular flexibility index (Phi) is 4.89. The molecule has 0 spiro atoms.